The molecule has 1 fully saturated rings. The van der Waals surface area contributed by atoms with E-state index in [4.69, 9.17) is 13.9 Å². The molecule has 0 atom stereocenters. The normalized spacial score (nSPS) is 13.9. The number of rotatable bonds is 5. The third-order valence-corrected chi connectivity index (χ3v) is 5.08. The van der Waals surface area contributed by atoms with Crippen LogP contribution in [0, 0.1) is 0 Å². The molecule has 1 aliphatic heterocycles. The van der Waals surface area contributed by atoms with E-state index in [1.54, 1.807) is 48.3 Å². The van der Waals surface area contributed by atoms with Crippen LogP contribution in [-0.2, 0) is 0 Å². The maximum Gasteiger partial charge on any atom is 0.289 e. The third kappa shape index (κ3) is 3.73. The highest BCUT2D eigenvalue weighted by Crippen LogP contribution is 2.32. The molecule has 0 bridgehead atoms. The van der Waals surface area contributed by atoms with Crippen LogP contribution in [0.4, 0.5) is 0 Å². The molecule has 1 aliphatic rings. The Balaban J connectivity index is 1.43. The summed E-state index contributed by atoms with van der Waals surface area (Å²) in [5.41, 5.74) is 1.74. The molecular weight excluding hydrogens is 388 g/mol. The monoisotopic (exact) mass is 410 g/mol. The van der Waals surface area contributed by atoms with Crippen molar-refractivity contribution in [1.82, 2.24) is 20.0 Å². The smallest absolute Gasteiger partial charge is 0.289 e. The molecule has 3 aromatic rings. The van der Waals surface area contributed by atoms with Gasteiger partial charge in [0.05, 0.1) is 26.2 Å². The number of methoxy groups -OCH3 is 2. The van der Waals surface area contributed by atoms with Crippen LogP contribution in [0.5, 0.6) is 11.5 Å². The Morgan fingerprint density at radius 3 is 2.37 bits per heavy atom. The lowest BCUT2D eigenvalue weighted by atomic mass is 10.1. The highest BCUT2D eigenvalue weighted by Gasteiger charge is 2.27. The first kappa shape index (κ1) is 19.6. The van der Waals surface area contributed by atoms with Gasteiger partial charge in [-0.2, -0.15) is 5.10 Å². The number of benzene rings is 1. The summed E-state index contributed by atoms with van der Waals surface area (Å²) < 4.78 is 15.8. The van der Waals surface area contributed by atoms with Gasteiger partial charge in [0.2, 0.25) is 0 Å². The average molecular weight is 410 g/mol. The second kappa shape index (κ2) is 8.32. The van der Waals surface area contributed by atoms with Gasteiger partial charge in [-0.25, -0.2) is 0 Å². The number of carbonyl (C=O) groups excluding carboxylic acids is 2. The molecule has 4 rings (SSSR count). The van der Waals surface area contributed by atoms with E-state index in [0.29, 0.717) is 54.8 Å². The molecule has 0 unspecified atom stereocenters. The maximum absolute atomic E-state index is 12.9. The highest BCUT2D eigenvalue weighted by atomic mass is 16.5. The Morgan fingerprint density at radius 1 is 1.00 bits per heavy atom. The molecular formula is C21H22N4O5. The summed E-state index contributed by atoms with van der Waals surface area (Å²) in [6, 6.07) is 10.4. The van der Waals surface area contributed by atoms with Crippen LogP contribution in [0.15, 0.2) is 47.1 Å². The summed E-state index contributed by atoms with van der Waals surface area (Å²) in [5, 5.41) is 7.09. The van der Waals surface area contributed by atoms with Gasteiger partial charge in [0, 0.05) is 37.8 Å². The minimum absolute atomic E-state index is 0.161. The van der Waals surface area contributed by atoms with Crippen molar-refractivity contribution in [2.45, 2.75) is 0 Å². The van der Waals surface area contributed by atoms with Crippen molar-refractivity contribution in [1.29, 1.82) is 0 Å². The SMILES string of the molecule is COc1ccc(-c2cc(C(=O)N3CCN(C(=O)c4ccco4)CC3)[nH]n2)c(OC)c1. The number of hydrogen-bond acceptors (Lipinski definition) is 6. The van der Waals surface area contributed by atoms with E-state index >= 15 is 0 Å². The van der Waals surface area contributed by atoms with Gasteiger partial charge in [-0.05, 0) is 30.3 Å². The lowest BCUT2D eigenvalue weighted by Crippen LogP contribution is -2.50. The fraction of sp³-hybridized carbons (Fsp3) is 0.286. The zero-order valence-electron chi connectivity index (χ0n) is 16.8. The number of amides is 2. The zero-order chi connectivity index (χ0) is 21.1. The van der Waals surface area contributed by atoms with E-state index in [-0.39, 0.29) is 11.8 Å². The van der Waals surface area contributed by atoms with Gasteiger partial charge < -0.3 is 23.7 Å². The lowest BCUT2D eigenvalue weighted by Gasteiger charge is -2.34. The Labute approximate surface area is 173 Å². The van der Waals surface area contributed by atoms with Crippen molar-refractivity contribution >= 4 is 11.8 Å². The number of hydrogen-bond donors (Lipinski definition) is 1. The molecule has 2 aromatic heterocycles. The summed E-state index contributed by atoms with van der Waals surface area (Å²) in [6.07, 6.45) is 1.47. The lowest BCUT2D eigenvalue weighted by molar-refractivity contribution is 0.0515. The number of piperazine rings is 1. The minimum atomic E-state index is -0.164. The van der Waals surface area contributed by atoms with Crippen LogP contribution in [0.2, 0.25) is 0 Å². The van der Waals surface area contributed by atoms with Gasteiger partial charge in [-0.15, -0.1) is 0 Å². The van der Waals surface area contributed by atoms with E-state index in [2.05, 4.69) is 10.2 Å². The van der Waals surface area contributed by atoms with Gasteiger partial charge in [-0.3, -0.25) is 14.7 Å². The van der Waals surface area contributed by atoms with E-state index in [1.807, 2.05) is 12.1 Å². The van der Waals surface area contributed by atoms with E-state index < -0.39 is 0 Å². The quantitative estimate of drug-likeness (QED) is 0.693. The molecule has 0 saturated carbocycles. The van der Waals surface area contributed by atoms with Gasteiger partial charge >= 0.3 is 0 Å². The van der Waals surface area contributed by atoms with Crippen molar-refractivity contribution in [3.63, 3.8) is 0 Å². The topological polar surface area (TPSA) is 101 Å². The summed E-state index contributed by atoms with van der Waals surface area (Å²) in [5.74, 6) is 1.25. The number of furan rings is 1. The minimum Gasteiger partial charge on any atom is -0.497 e. The van der Waals surface area contributed by atoms with Crippen LogP contribution in [0.25, 0.3) is 11.3 Å². The standard InChI is InChI=1S/C21H22N4O5/c1-28-14-5-6-15(19(12-14)29-2)16-13-17(23-22-16)20(26)24-7-9-25(10-8-24)21(27)18-4-3-11-30-18/h3-6,11-13H,7-10H2,1-2H3,(H,22,23). The molecule has 156 valence electrons. The molecule has 0 radical (unpaired) electrons. The molecule has 2 amide bonds. The van der Waals surface area contributed by atoms with Crippen molar-refractivity contribution in [2.24, 2.45) is 0 Å². The molecule has 30 heavy (non-hydrogen) atoms. The number of carbonyl (C=O) groups is 2. The number of H-pyrrole nitrogens is 1. The molecule has 0 spiro atoms. The Bertz CT molecular complexity index is 1040. The van der Waals surface area contributed by atoms with E-state index in [1.165, 1.54) is 6.26 Å². The van der Waals surface area contributed by atoms with Gasteiger partial charge in [0.25, 0.3) is 11.8 Å². The molecule has 0 aliphatic carbocycles. The highest BCUT2D eigenvalue weighted by molar-refractivity contribution is 5.94. The first-order chi connectivity index (χ1) is 14.6. The number of aromatic amines is 1. The largest absolute Gasteiger partial charge is 0.497 e. The summed E-state index contributed by atoms with van der Waals surface area (Å²) in [4.78, 5) is 28.6. The first-order valence-electron chi connectivity index (χ1n) is 9.50. The number of nitrogens with one attached hydrogen (secondary N) is 1. The second-order valence-corrected chi connectivity index (χ2v) is 6.79. The fourth-order valence-corrected chi connectivity index (χ4v) is 3.42. The average Bonchev–Trinajstić information content (AvgIpc) is 3.50. The molecule has 1 N–H and O–H groups in total. The van der Waals surface area contributed by atoms with Crippen LogP contribution >= 0.6 is 0 Å². The van der Waals surface area contributed by atoms with E-state index in [0.717, 1.165) is 5.56 Å². The Kier molecular flexibility index (Phi) is 5.42. The summed E-state index contributed by atoms with van der Waals surface area (Å²) >= 11 is 0. The maximum atomic E-state index is 12.9. The Morgan fingerprint density at radius 2 is 1.73 bits per heavy atom. The van der Waals surface area contributed by atoms with Crippen LogP contribution in [0.1, 0.15) is 21.0 Å². The molecule has 9 nitrogen and oxygen atoms in total. The third-order valence-electron chi connectivity index (χ3n) is 5.08. The fourth-order valence-electron chi connectivity index (χ4n) is 3.42. The van der Waals surface area contributed by atoms with Crippen molar-refractivity contribution in [2.75, 3.05) is 40.4 Å². The predicted octanol–water partition coefficient (Wildman–Crippen LogP) is 2.29. The van der Waals surface area contributed by atoms with Crippen molar-refractivity contribution in [3.8, 4) is 22.8 Å². The molecule has 1 saturated heterocycles. The van der Waals surface area contributed by atoms with Gasteiger partial charge in [0.1, 0.15) is 17.2 Å². The van der Waals surface area contributed by atoms with Crippen LogP contribution < -0.4 is 9.47 Å². The first-order valence-corrected chi connectivity index (χ1v) is 9.50. The van der Waals surface area contributed by atoms with Crippen molar-refractivity contribution < 1.29 is 23.5 Å². The summed E-state index contributed by atoms with van der Waals surface area (Å²) in [6.45, 7) is 1.76. The van der Waals surface area contributed by atoms with Crippen LogP contribution in [0.3, 0.4) is 0 Å². The van der Waals surface area contributed by atoms with Crippen molar-refractivity contribution in [3.05, 3.63) is 54.1 Å². The van der Waals surface area contributed by atoms with Crippen LogP contribution in [-0.4, -0.2) is 72.2 Å². The second-order valence-electron chi connectivity index (χ2n) is 6.79. The molecule has 9 heteroatoms. The molecule has 1 aromatic carbocycles. The predicted molar refractivity (Wildman–Crippen MR) is 108 cm³/mol. The van der Waals surface area contributed by atoms with Gasteiger partial charge in [-0.1, -0.05) is 0 Å². The molecule has 3 heterocycles. The number of ether oxygens (including phenoxy) is 2. The Hall–Kier alpha value is -3.75. The zero-order valence-corrected chi connectivity index (χ0v) is 16.8. The van der Waals surface area contributed by atoms with E-state index in [9.17, 15) is 9.59 Å². The number of aromatic nitrogens is 2. The van der Waals surface area contributed by atoms with Gasteiger partial charge in [0.15, 0.2) is 5.76 Å². The number of nitrogens with zero attached hydrogens (tertiary/aromatic N) is 3. The summed E-state index contributed by atoms with van der Waals surface area (Å²) in [7, 11) is 3.15.